The second-order valence-corrected chi connectivity index (χ2v) is 9.14. The van der Waals surface area contributed by atoms with Crippen LogP contribution in [-0.2, 0) is 12.8 Å². The Balaban J connectivity index is 1.59. The lowest BCUT2D eigenvalue weighted by atomic mass is 9.95. The van der Waals surface area contributed by atoms with Crippen LogP contribution in [0.25, 0.3) is 22.2 Å². The van der Waals surface area contributed by atoms with E-state index in [9.17, 15) is 9.59 Å². The van der Waals surface area contributed by atoms with Crippen molar-refractivity contribution in [2.45, 2.75) is 25.7 Å². The van der Waals surface area contributed by atoms with E-state index in [4.69, 9.17) is 15.5 Å². The summed E-state index contributed by atoms with van der Waals surface area (Å²) < 4.78 is 5.35. The quantitative estimate of drug-likeness (QED) is 0.431. The normalized spacial score (nSPS) is 12.9. The Kier molecular flexibility index (Phi) is 5.56. The molecule has 0 radical (unpaired) electrons. The minimum atomic E-state index is -0.499. The fourth-order valence-electron chi connectivity index (χ4n) is 4.38. The summed E-state index contributed by atoms with van der Waals surface area (Å²) in [6.07, 6.45) is 3.83. The number of carbonyl (C=O) groups is 2. The summed E-state index contributed by atoms with van der Waals surface area (Å²) in [6, 6.07) is 16.9. The fraction of sp³-hybridized carbons (Fsp3) is 0.192. The van der Waals surface area contributed by atoms with E-state index >= 15 is 0 Å². The number of carbonyl (C=O) groups excluding carboxylic acids is 2. The molecule has 166 valence electrons. The highest BCUT2D eigenvalue weighted by atomic mass is 32.1. The van der Waals surface area contributed by atoms with Crippen LogP contribution in [0.3, 0.4) is 0 Å². The predicted octanol–water partition coefficient (Wildman–Crippen LogP) is 5.20. The van der Waals surface area contributed by atoms with E-state index in [1.807, 2.05) is 48.5 Å². The second-order valence-electron chi connectivity index (χ2n) is 8.04. The first-order valence-corrected chi connectivity index (χ1v) is 11.7. The average Bonchev–Trinajstić information content (AvgIpc) is 3.21. The van der Waals surface area contributed by atoms with Gasteiger partial charge < -0.3 is 15.8 Å². The van der Waals surface area contributed by atoms with Gasteiger partial charge in [-0.25, -0.2) is 4.98 Å². The van der Waals surface area contributed by atoms with Gasteiger partial charge in [0.25, 0.3) is 11.8 Å². The van der Waals surface area contributed by atoms with Crippen molar-refractivity contribution >= 4 is 39.1 Å². The van der Waals surface area contributed by atoms with Gasteiger partial charge in [-0.3, -0.25) is 9.59 Å². The number of nitrogens with zero attached hydrogens (tertiary/aromatic N) is 1. The molecule has 7 heteroatoms. The number of para-hydroxylation sites is 1. The second kappa shape index (κ2) is 8.67. The highest BCUT2D eigenvalue weighted by molar-refractivity contribution is 7.17. The lowest BCUT2D eigenvalue weighted by molar-refractivity contribution is 0.100. The van der Waals surface area contributed by atoms with Crippen molar-refractivity contribution in [3.8, 4) is 17.0 Å². The Hall–Kier alpha value is -3.71. The minimum absolute atomic E-state index is 0.293. The summed E-state index contributed by atoms with van der Waals surface area (Å²) in [7, 11) is 1.61. The van der Waals surface area contributed by atoms with Gasteiger partial charge in [-0.1, -0.05) is 30.3 Å². The Morgan fingerprint density at radius 3 is 2.70 bits per heavy atom. The van der Waals surface area contributed by atoms with Crippen LogP contribution in [0.4, 0.5) is 5.00 Å². The Bertz CT molecular complexity index is 1390. The van der Waals surface area contributed by atoms with Crippen molar-refractivity contribution in [2.24, 2.45) is 5.73 Å². The molecule has 0 spiro atoms. The van der Waals surface area contributed by atoms with Crippen LogP contribution < -0.4 is 15.8 Å². The number of nitrogens with one attached hydrogen (secondary N) is 1. The molecule has 33 heavy (non-hydrogen) atoms. The molecule has 4 aromatic rings. The number of amides is 2. The summed E-state index contributed by atoms with van der Waals surface area (Å²) in [5.74, 6) is -0.0797. The molecule has 0 fully saturated rings. The zero-order valence-electron chi connectivity index (χ0n) is 18.2. The predicted molar refractivity (Wildman–Crippen MR) is 131 cm³/mol. The number of rotatable bonds is 5. The van der Waals surface area contributed by atoms with Crippen LogP contribution in [0.2, 0.25) is 0 Å². The molecule has 0 unspecified atom stereocenters. The van der Waals surface area contributed by atoms with Gasteiger partial charge in [0, 0.05) is 15.8 Å². The monoisotopic (exact) mass is 457 g/mol. The molecule has 5 rings (SSSR count). The lowest BCUT2D eigenvalue weighted by Crippen LogP contribution is -2.19. The van der Waals surface area contributed by atoms with Crippen LogP contribution in [-0.4, -0.2) is 23.9 Å². The minimum Gasteiger partial charge on any atom is -0.497 e. The molecule has 2 heterocycles. The number of hydrogen-bond donors (Lipinski definition) is 2. The van der Waals surface area contributed by atoms with E-state index < -0.39 is 5.91 Å². The third kappa shape index (κ3) is 3.96. The van der Waals surface area contributed by atoms with Crippen LogP contribution >= 0.6 is 11.3 Å². The first-order valence-electron chi connectivity index (χ1n) is 10.8. The van der Waals surface area contributed by atoms with Crippen LogP contribution in [0.15, 0.2) is 54.6 Å². The van der Waals surface area contributed by atoms with Crippen molar-refractivity contribution in [3.63, 3.8) is 0 Å². The Morgan fingerprint density at radius 2 is 1.88 bits per heavy atom. The van der Waals surface area contributed by atoms with E-state index in [1.165, 1.54) is 11.3 Å². The summed E-state index contributed by atoms with van der Waals surface area (Å²) in [5.41, 5.74) is 9.86. The highest BCUT2D eigenvalue weighted by Crippen LogP contribution is 2.38. The van der Waals surface area contributed by atoms with Gasteiger partial charge in [0.05, 0.1) is 29.4 Å². The largest absolute Gasteiger partial charge is 0.497 e. The third-order valence-corrected chi connectivity index (χ3v) is 7.18. The van der Waals surface area contributed by atoms with Gasteiger partial charge in [0.15, 0.2) is 0 Å². The zero-order valence-corrected chi connectivity index (χ0v) is 19.0. The molecule has 0 atom stereocenters. The number of nitrogens with two attached hydrogens (primary N) is 1. The molecule has 1 aliphatic rings. The van der Waals surface area contributed by atoms with Gasteiger partial charge >= 0.3 is 0 Å². The maximum Gasteiger partial charge on any atom is 0.257 e. The number of anilines is 1. The average molecular weight is 458 g/mol. The first kappa shape index (κ1) is 21.2. The van der Waals surface area contributed by atoms with Crippen molar-refractivity contribution in [3.05, 3.63) is 76.2 Å². The highest BCUT2D eigenvalue weighted by Gasteiger charge is 2.26. The topological polar surface area (TPSA) is 94.3 Å². The Morgan fingerprint density at radius 1 is 1.06 bits per heavy atom. The van der Waals surface area contributed by atoms with E-state index in [0.29, 0.717) is 33.1 Å². The van der Waals surface area contributed by atoms with Crippen LogP contribution in [0.5, 0.6) is 5.75 Å². The molecule has 0 bridgehead atoms. The molecule has 2 aromatic carbocycles. The van der Waals surface area contributed by atoms with Gasteiger partial charge in [-0.05, 0) is 55.5 Å². The number of fused-ring (bicyclic) bond motifs is 2. The number of pyridine rings is 1. The van der Waals surface area contributed by atoms with Gasteiger partial charge in [0.1, 0.15) is 10.8 Å². The van der Waals surface area contributed by atoms with E-state index in [2.05, 4.69) is 5.32 Å². The number of thiophene rings is 1. The summed E-state index contributed by atoms with van der Waals surface area (Å²) in [4.78, 5) is 31.7. The molecule has 2 amide bonds. The van der Waals surface area contributed by atoms with E-state index in [0.717, 1.165) is 47.1 Å². The third-order valence-electron chi connectivity index (χ3n) is 5.97. The molecule has 3 N–H and O–H groups in total. The fourth-order valence-corrected chi connectivity index (χ4v) is 5.67. The number of aromatic nitrogens is 1. The maximum atomic E-state index is 13.5. The molecular formula is C26H23N3O3S. The molecule has 0 saturated heterocycles. The number of ether oxygens (including phenoxy) is 1. The van der Waals surface area contributed by atoms with Crippen molar-refractivity contribution < 1.29 is 14.3 Å². The van der Waals surface area contributed by atoms with Crippen molar-refractivity contribution in [1.29, 1.82) is 0 Å². The van der Waals surface area contributed by atoms with Crippen molar-refractivity contribution in [2.75, 3.05) is 12.4 Å². The number of aryl methyl sites for hydroxylation is 1. The van der Waals surface area contributed by atoms with E-state index in [-0.39, 0.29) is 5.91 Å². The maximum absolute atomic E-state index is 13.5. The van der Waals surface area contributed by atoms with Gasteiger partial charge in [-0.15, -0.1) is 11.3 Å². The molecule has 1 aliphatic carbocycles. The number of benzene rings is 2. The smallest absolute Gasteiger partial charge is 0.257 e. The van der Waals surface area contributed by atoms with E-state index in [1.54, 1.807) is 13.2 Å². The van der Waals surface area contributed by atoms with Crippen molar-refractivity contribution in [1.82, 2.24) is 4.98 Å². The van der Waals surface area contributed by atoms with Crippen LogP contribution in [0, 0.1) is 0 Å². The standard InChI is InChI=1S/C26H23N3O3S/c1-32-16-8-6-7-15(13-16)21-14-19(17-9-2-4-11-20(17)28-21)25(31)29-26-23(24(27)30)18-10-3-5-12-22(18)33-26/h2,4,6-9,11,13-14H,3,5,10,12H2,1H3,(H2,27,30)(H,29,31). The summed E-state index contributed by atoms with van der Waals surface area (Å²) >= 11 is 1.46. The molecular weight excluding hydrogens is 434 g/mol. The van der Waals surface area contributed by atoms with Crippen LogP contribution in [0.1, 0.15) is 44.0 Å². The number of hydrogen-bond acceptors (Lipinski definition) is 5. The summed E-state index contributed by atoms with van der Waals surface area (Å²) in [5, 5.41) is 4.26. The molecule has 6 nitrogen and oxygen atoms in total. The Labute approximate surface area is 195 Å². The molecule has 2 aromatic heterocycles. The first-order chi connectivity index (χ1) is 16.0. The lowest BCUT2D eigenvalue weighted by Gasteiger charge is -2.12. The SMILES string of the molecule is COc1cccc(-c2cc(C(=O)Nc3sc4c(c3C(N)=O)CCCC4)c3ccccc3n2)c1. The summed E-state index contributed by atoms with van der Waals surface area (Å²) in [6.45, 7) is 0. The molecule has 0 aliphatic heterocycles. The van der Waals surface area contributed by atoms with Gasteiger partial charge in [0.2, 0.25) is 0 Å². The number of methoxy groups -OCH3 is 1. The van der Waals surface area contributed by atoms with Gasteiger partial charge in [-0.2, -0.15) is 0 Å². The zero-order chi connectivity index (χ0) is 22.9. The number of primary amides is 1. The molecule has 0 saturated carbocycles.